The molecule has 0 spiro atoms. The van der Waals surface area contributed by atoms with Gasteiger partial charge in [0.25, 0.3) is 0 Å². The Morgan fingerprint density at radius 2 is 2.16 bits per heavy atom. The fraction of sp³-hybridized carbons (Fsp3) is 0.500. The molecule has 0 radical (unpaired) electrons. The van der Waals surface area contributed by atoms with E-state index in [1.807, 2.05) is 12.3 Å². The molecule has 0 bridgehead atoms. The average Bonchev–Trinajstić information content (AvgIpc) is 3.28. The van der Waals surface area contributed by atoms with Crippen LogP contribution >= 0.6 is 11.8 Å². The minimum absolute atomic E-state index is 0.331. The van der Waals surface area contributed by atoms with Crippen LogP contribution in [0.5, 0.6) is 0 Å². The van der Waals surface area contributed by atoms with Crippen LogP contribution in [-0.2, 0) is 6.42 Å². The van der Waals surface area contributed by atoms with Gasteiger partial charge in [-0.15, -0.1) is 10.2 Å². The third-order valence-corrected chi connectivity index (χ3v) is 5.24. The number of nitrogens with zero attached hydrogens (tertiary/aromatic N) is 4. The summed E-state index contributed by atoms with van der Waals surface area (Å²) in [5.74, 6) is 0.635. The van der Waals surface area contributed by atoms with Gasteiger partial charge in [0.15, 0.2) is 5.16 Å². The SMILES string of the molecule is CSc1nnc(CCCNc2ccc(C#N)cc2F)n1C1CCCC1. The van der Waals surface area contributed by atoms with Gasteiger partial charge in [-0.25, -0.2) is 4.39 Å². The van der Waals surface area contributed by atoms with E-state index in [0.717, 1.165) is 23.8 Å². The van der Waals surface area contributed by atoms with Gasteiger partial charge in [0.2, 0.25) is 0 Å². The van der Waals surface area contributed by atoms with Crippen molar-refractivity contribution in [3.05, 3.63) is 35.4 Å². The second kappa shape index (κ2) is 8.34. The van der Waals surface area contributed by atoms with Gasteiger partial charge < -0.3 is 9.88 Å². The third kappa shape index (κ3) is 4.13. The Labute approximate surface area is 151 Å². The lowest BCUT2D eigenvalue weighted by atomic mass is 10.2. The van der Waals surface area contributed by atoms with E-state index in [1.165, 1.54) is 31.7 Å². The highest BCUT2D eigenvalue weighted by Crippen LogP contribution is 2.33. The highest BCUT2D eigenvalue weighted by Gasteiger charge is 2.23. The van der Waals surface area contributed by atoms with E-state index in [0.29, 0.717) is 23.8 Å². The molecule has 3 rings (SSSR count). The molecule has 1 saturated carbocycles. The monoisotopic (exact) mass is 359 g/mol. The molecular formula is C18H22FN5S. The molecule has 1 heterocycles. The normalized spacial score (nSPS) is 14.6. The van der Waals surface area contributed by atoms with Crippen LogP contribution in [0, 0.1) is 17.1 Å². The molecule has 0 atom stereocenters. The van der Waals surface area contributed by atoms with Gasteiger partial charge in [0.1, 0.15) is 11.6 Å². The molecule has 2 aromatic rings. The van der Waals surface area contributed by atoms with Crippen LogP contribution in [-0.4, -0.2) is 27.6 Å². The van der Waals surface area contributed by atoms with E-state index in [-0.39, 0.29) is 0 Å². The number of benzene rings is 1. The number of anilines is 1. The summed E-state index contributed by atoms with van der Waals surface area (Å²) in [5.41, 5.74) is 0.762. The summed E-state index contributed by atoms with van der Waals surface area (Å²) in [6, 6.07) is 6.94. The van der Waals surface area contributed by atoms with Crippen LogP contribution in [0.2, 0.25) is 0 Å². The van der Waals surface area contributed by atoms with Crippen LogP contribution in [0.1, 0.15) is 49.5 Å². The van der Waals surface area contributed by atoms with Crippen LogP contribution in [0.15, 0.2) is 23.4 Å². The fourth-order valence-electron chi connectivity index (χ4n) is 3.34. The maximum absolute atomic E-state index is 13.9. The van der Waals surface area contributed by atoms with Crippen LogP contribution in [0.25, 0.3) is 0 Å². The maximum Gasteiger partial charge on any atom is 0.191 e. The highest BCUT2D eigenvalue weighted by molar-refractivity contribution is 7.98. The Kier molecular flexibility index (Phi) is 5.92. The van der Waals surface area contributed by atoms with Crippen molar-refractivity contribution in [1.29, 1.82) is 5.26 Å². The van der Waals surface area contributed by atoms with Gasteiger partial charge >= 0.3 is 0 Å². The van der Waals surface area contributed by atoms with E-state index in [1.54, 1.807) is 23.9 Å². The van der Waals surface area contributed by atoms with Gasteiger partial charge in [0.05, 0.1) is 17.3 Å². The lowest BCUT2D eigenvalue weighted by molar-refractivity contribution is 0.461. The number of aromatic nitrogens is 3. The molecule has 7 heteroatoms. The van der Waals surface area contributed by atoms with Gasteiger partial charge in [0, 0.05) is 19.0 Å². The van der Waals surface area contributed by atoms with Crippen molar-refractivity contribution < 1.29 is 4.39 Å². The first kappa shape index (κ1) is 17.7. The Hall–Kier alpha value is -2.07. The quantitative estimate of drug-likeness (QED) is 0.594. The molecule has 1 aliphatic rings. The molecule has 1 aliphatic carbocycles. The molecule has 0 amide bonds. The summed E-state index contributed by atoms with van der Waals surface area (Å²) in [4.78, 5) is 0. The largest absolute Gasteiger partial charge is 0.383 e. The molecule has 25 heavy (non-hydrogen) atoms. The molecule has 0 unspecified atom stereocenters. The van der Waals surface area contributed by atoms with E-state index in [4.69, 9.17) is 5.26 Å². The number of hydrogen-bond acceptors (Lipinski definition) is 5. The lowest BCUT2D eigenvalue weighted by Gasteiger charge is -2.16. The van der Waals surface area contributed by atoms with Crippen molar-refractivity contribution in [2.24, 2.45) is 0 Å². The topological polar surface area (TPSA) is 66.5 Å². The number of halogens is 1. The van der Waals surface area contributed by atoms with Crippen molar-refractivity contribution in [3.8, 4) is 6.07 Å². The first-order valence-electron chi connectivity index (χ1n) is 8.64. The molecule has 0 saturated heterocycles. The minimum Gasteiger partial charge on any atom is -0.383 e. The van der Waals surface area contributed by atoms with Crippen molar-refractivity contribution in [1.82, 2.24) is 14.8 Å². The number of thioether (sulfide) groups is 1. The van der Waals surface area contributed by atoms with Gasteiger partial charge in [-0.05, 0) is 43.7 Å². The first-order chi connectivity index (χ1) is 12.2. The molecule has 132 valence electrons. The summed E-state index contributed by atoms with van der Waals surface area (Å²) in [6.07, 6.45) is 8.65. The zero-order valence-electron chi connectivity index (χ0n) is 14.3. The van der Waals surface area contributed by atoms with E-state index < -0.39 is 5.82 Å². The predicted molar refractivity (Wildman–Crippen MR) is 97.2 cm³/mol. The predicted octanol–water partition coefficient (Wildman–Crippen LogP) is 4.17. The standard InChI is InChI=1S/C18H22FN5S/c1-25-18-23-22-17(24(18)14-5-2-3-6-14)7-4-10-21-16-9-8-13(12-20)11-15(16)19/h8-9,11,14,21H,2-7,10H2,1H3. The average molecular weight is 359 g/mol. The molecule has 0 aliphatic heterocycles. The molecule has 1 N–H and O–H groups in total. The van der Waals surface area contributed by atoms with Crippen LogP contribution in [0.4, 0.5) is 10.1 Å². The first-order valence-corrected chi connectivity index (χ1v) is 9.86. The van der Waals surface area contributed by atoms with Crippen molar-refractivity contribution in [2.75, 3.05) is 18.1 Å². The summed E-state index contributed by atoms with van der Waals surface area (Å²) in [6.45, 7) is 0.648. The Morgan fingerprint density at radius 1 is 1.36 bits per heavy atom. The van der Waals surface area contributed by atoms with E-state index in [9.17, 15) is 4.39 Å². The fourth-order valence-corrected chi connectivity index (χ4v) is 3.92. The van der Waals surface area contributed by atoms with Gasteiger partial charge in [-0.3, -0.25) is 0 Å². The minimum atomic E-state index is -0.391. The lowest BCUT2D eigenvalue weighted by Crippen LogP contribution is -2.12. The number of nitrogens with one attached hydrogen (secondary N) is 1. The zero-order valence-corrected chi connectivity index (χ0v) is 15.2. The smallest absolute Gasteiger partial charge is 0.191 e. The summed E-state index contributed by atoms with van der Waals surface area (Å²) >= 11 is 1.64. The van der Waals surface area contributed by atoms with E-state index >= 15 is 0 Å². The van der Waals surface area contributed by atoms with Crippen LogP contribution < -0.4 is 5.32 Å². The number of hydrogen-bond donors (Lipinski definition) is 1. The molecule has 1 aromatic carbocycles. The third-order valence-electron chi connectivity index (χ3n) is 4.60. The van der Waals surface area contributed by atoms with Crippen molar-refractivity contribution >= 4 is 17.4 Å². The number of rotatable bonds is 7. The summed E-state index contributed by atoms with van der Waals surface area (Å²) in [5, 5.41) is 21.6. The Bertz CT molecular complexity index is 761. The second-order valence-corrected chi connectivity index (χ2v) is 7.02. The van der Waals surface area contributed by atoms with Gasteiger partial charge in [-0.1, -0.05) is 24.6 Å². The van der Waals surface area contributed by atoms with Crippen molar-refractivity contribution in [2.45, 2.75) is 49.7 Å². The maximum atomic E-state index is 13.9. The summed E-state index contributed by atoms with van der Waals surface area (Å²) < 4.78 is 16.2. The Morgan fingerprint density at radius 3 is 2.84 bits per heavy atom. The zero-order chi connectivity index (χ0) is 17.6. The van der Waals surface area contributed by atoms with E-state index in [2.05, 4.69) is 20.1 Å². The molecule has 1 fully saturated rings. The van der Waals surface area contributed by atoms with Crippen LogP contribution in [0.3, 0.4) is 0 Å². The summed E-state index contributed by atoms with van der Waals surface area (Å²) in [7, 11) is 0. The molecular weight excluding hydrogens is 337 g/mol. The number of aryl methyl sites for hydroxylation is 1. The number of nitriles is 1. The highest BCUT2D eigenvalue weighted by atomic mass is 32.2. The Balaban J connectivity index is 1.57. The molecule has 5 nitrogen and oxygen atoms in total. The van der Waals surface area contributed by atoms with Gasteiger partial charge in [-0.2, -0.15) is 5.26 Å². The second-order valence-electron chi connectivity index (χ2n) is 6.25. The molecule has 1 aromatic heterocycles. The van der Waals surface area contributed by atoms with Crippen molar-refractivity contribution in [3.63, 3.8) is 0 Å².